The Kier molecular flexibility index (Phi) is 33.8. The molecule has 0 aromatic rings. The molecule has 1 fully saturated rings. The van der Waals surface area contributed by atoms with Gasteiger partial charge in [0.15, 0.2) is 0 Å². The van der Waals surface area contributed by atoms with Crippen molar-refractivity contribution < 1.29 is 63.0 Å². The average Bonchev–Trinajstić information content (AvgIpc) is 3.37. The lowest BCUT2D eigenvalue weighted by atomic mass is 10.0. The number of nitrogens with two attached hydrogens (primary N) is 5. The van der Waals surface area contributed by atoms with Gasteiger partial charge in [-0.1, -0.05) is 47.5 Å². The van der Waals surface area contributed by atoms with Gasteiger partial charge in [-0.25, -0.2) is 0 Å². The normalized spacial score (nSPS) is 23.4. The van der Waals surface area contributed by atoms with Crippen molar-refractivity contribution in [3.05, 3.63) is 0 Å². The molecule has 0 radical (unpaired) electrons. The van der Waals surface area contributed by atoms with E-state index in [0.29, 0.717) is 12.3 Å². The van der Waals surface area contributed by atoms with Crippen molar-refractivity contribution in [2.24, 2.45) is 40.5 Å². The molecule has 1 aliphatic rings. The van der Waals surface area contributed by atoms with Gasteiger partial charge in [-0.2, -0.15) is 0 Å². The van der Waals surface area contributed by atoms with E-state index in [0.717, 1.165) is 12.8 Å². The van der Waals surface area contributed by atoms with E-state index < -0.39 is 151 Å². The average molecular weight is 1130 g/mol. The first-order chi connectivity index (χ1) is 37.3. The highest BCUT2D eigenvalue weighted by molar-refractivity contribution is 5.99. The fraction of sp³-hybridized carbons (Fsp3) is 0.780. The molecule has 79 heavy (non-hydrogen) atoms. The Morgan fingerprint density at radius 3 is 1.47 bits per heavy atom. The van der Waals surface area contributed by atoms with E-state index in [1.807, 2.05) is 0 Å². The Balaban J connectivity index is 3.77. The van der Waals surface area contributed by atoms with Crippen LogP contribution >= 0.6 is 0 Å². The zero-order chi connectivity index (χ0) is 59.9. The largest absolute Gasteiger partial charge is 0.391 e. The van der Waals surface area contributed by atoms with Crippen molar-refractivity contribution in [1.82, 2.24) is 58.5 Å². The number of rotatable bonds is 27. The number of aliphatic hydroxyl groups is 2. The van der Waals surface area contributed by atoms with Crippen LogP contribution in [-0.4, -0.2) is 187 Å². The van der Waals surface area contributed by atoms with Crippen molar-refractivity contribution >= 4 is 65.0 Å². The van der Waals surface area contributed by atoms with Gasteiger partial charge in [0.25, 0.3) is 0 Å². The summed E-state index contributed by atoms with van der Waals surface area (Å²) in [6, 6.07) is -14.5. The number of amides is 11. The summed E-state index contributed by atoms with van der Waals surface area (Å²) in [7, 11) is 0. The van der Waals surface area contributed by atoms with Crippen molar-refractivity contribution in [2.75, 3.05) is 39.3 Å². The topological polar surface area (TPSA) is 491 Å². The summed E-state index contributed by atoms with van der Waals surface area (Å²) in [5.41, 5.74) is 29.1. The zero-order valence-corrected chi connectivity index (χ0v) is 47.1. The van der Waals surface area contributed by atoms with Crippen LogP contribution in [0.4, 0.5) is 0 Å². The summed E-state index contributed by atoms with van der Waals surface area (Å²) in [5, 5.41) is 49.2. The summed E-state index contributed by atoms with van der Waals surface area (Å²) < 4.78 is 0. The van der Waals surface area contributed by atoms with Crippen LogP contribution in [0.2, 0.25) is 0 Å². The van der Waals surface area contributed by atoms with Crippen molar-refractivity contribution in [3.8, 4) is 0 Å². The number of nitrogens with one attached hydrogen (secondary N) is 11. The molecule has 29 heteroatoms. The first-order valence-electron chi connectivity index (χ1n) is 27.5. The minimum absolute atomic E-state index is 0.0134. The lowest BCUT2D eigenvalue weighted by Crippen LogP contribution is -2.62. The molecule has 1 saturated heterocycles. The van der Waals surface area contributed by atoms with Crippen LogP contribution in [-0.2, 0) is 52.7 Å². The van der Waals surface area contributed by atoms with Crippen LogP contribution in [0.3, 0.4) is 0 Å². The summed E-state index contributed by atoms with van der Waals surface area (Å²) in [6.45, 7) is 10.5. The summed E-state index contributed by atoms with van der Waals surface area (Å²) >= 11 is 0. The number of aliphatic hydroxyl groups excluding tert-OH is 2. The Labute approximate surface area is 463 Å². The van der Waals surface area contributed by atoms with E-state index in [1.54, 1.807) is 20.8 Å². The van der Waals surface area contributed by atoms with Crippen LogP contribution < -0.4 is 87.2 Å². The highest BCUT2D eigenvalue weighted by atomic mass is 16.3. The smallest absolute Gasteiger partial charge is 0.245 e. The van der Waals surface area contributed by atoms with Crippen LogP contribution in [0, 0.1) is 11.8 Å². The van der Waals surface area contributed by atoms with Crippen LogP contribution in [0.25, 0.3) is 0 Å². The molecule has 12 unspecified atom stereocenters. The van der Waals surface area contributed by atoms with Gasteiger partial charge in [-0.05, 0) is 116 Å². The zero-order valence-electron chi connectivity index (χ0n) is 47.1. The first kappa shape index (κ1) is 70.9. The number of carbonyl (C=O) groups is 11. The van der Waals surface area contributed by atoms with Gasteiger partial charge >= 0.3 is 0 Å². The lowest BCUT2D eigenvalue weighted by Gasteiger charge is -2.29. The Hall–Kier alpha value is -6.11. The van der Waals surface area contributed by atoms with Gasteiger partial charge in [-0.3, -0.25) is 52.7 Å². The molecule has 11 amide bonds. The third kappa shape index (κ3) is 26.1. The molecule has 0 saturated carbocycles. The molecule has 29 nitrogen and oxygen atoms in total. The van der Waals surface area contributed by atoms with Gasteiger partial charge in [0.1, 0.15) is 60.4 Å². The molecular weight excluding hydrogens is 1030 g/mol. The van der Waals surface area contributed by atoms with Gasteiger partial charge in [0, 0.05) is 13.0 Å². The second kappa shape index (κ2) is 37.7. The number of carbonyl (C=O) groups excluding carboxylic acids is 11. The van der Waals surface area contributed by atoms with Gasteiger partial charge < -0.3 is 97.4 Å². The van der Waals surface area contributed by atoms with E-state index in [4.69, 9.17) is 28.7 Å². The fourth-order valence-electron chi connectivity index (χ4n) is 8.27. The number of hydrogen-bond acceptors (Lipinski definition) is 18. The maximum Gasteiger partial charge on any atom is 0.245 e. The van der Waals surface area contributed by atoms with Crippen molar-refractivity contribution in [2.45, 2.75) is 198 Å². The van der Waals surface area contributed by atoms with E-state index in [2.05, 4.69) is 72.3 Å². The van der Waals surface area contributed by atoms with Crippen molar-refractivity contribution in [1.29, 1.82) is 0 Å². The minimum atomic E-state index is -1.69. The van der Waals surface area contributed by atoms with E-state index >= 15 is 0 Å². The number of unbranched alkanes of at least 4 members (excludes halogenated alkanes) is 1. The fourth-order valence-corrected chi connectivity index (χ4v) is 8.27. The highest BCUT2D eigenvalue weighted by Gasteiger charge is 2.37. The quantitative estimate of drug-likeness (QED) is 0.0340. The van der Waals surface area contributed by atoms with Crippen LogP contribution in [0.5, 0.6) is 0 Å². The van der Waals surface area contributed by atoms with Gasteiger partial charge in [-0.15, -0.1) is 0 Å². The first-order valence-corrected chi connectivity index (χ1v) is 27.5. The lowest BCUT2D eigenvalue weighted by molar-refractivity contribution is -0.137. The third-order valence-corrected chi connectivity index (χ3v) is 12.8. The molecule has 0 aromatic carbocycles. The Bertz CT molecular complexity index is 2000. The third-order valence-electron chi connectivity index (χ3n) is 12.8. The Morgan fingerprint density at radius 1 is 0.532 bits per heavy atom. The van der Waals surface area contributed by atoms with E-state index in [-0.39, 0.29) is 90.0 Å². The van der Waals surface area contributed by atoms with Crippen molar-refractivity contribution in [3.63, 3.8) is 0 Å². The maximum absolute atomic E-state index is 14.3. The standard InChI is InChI=1S/C50H94N16O13/c1-8-30-41(70)59-32(14-20-52)42(71)61-35(17-23-55)47(76)65-39(28(6)67)49(78)56-24-18-36(45(74)60-33(15-21-53)44(73)64-37(25-27(4)5)48(77)58-30)62-43(72)34(16-22-54)63-50(79)40(29(7)68)66-46(75)31(13-19-51)57-38(69)12-10-9-11-26(2)3/h26-37,39-40,67-68H,8-25,51-55H2,1-7H3,(H,56,78)(H,57,69)(H,58,77)(H,59,70)(H,60,74)(H,61,71)(H,62,72)(H,63,79)(H,64,73)(H,65,76)(H,66,75). The monoisotopic (exact) mass is 1130 g/mol. The second-order valence-electron chi connectivity index (χ2n) is 20.6. The summed E-state index contributed by atoms with van der Waals surface area (Å²) in [6.07, 6.45) is -1.85. The molecule has 12 atom stereocenters. The molecule has 0 bridgehead atoms. The molecule has 0 aromatic heterocycles. The summed E-state index contributed by atoms with van der Waals surface area (Å²) in [5.74, 6) is -9.38. The van der Waals surface area contributed by atoms with Crippen LogP contribution in [0.15, 0.2) is 0 Å². The predicted molar refractivity (Wildman–Crippen MR) is 292 cm³/mol. The van der Waals surface area contributed by atoms with Crippen LogP contribution in [0.1, 0.15) is 126 Å². The van der Waals surface area contributed by atoms with Gasteiger partial charge in [0.2, 0.25) is 65.0 Å². The molecule has 23 N–H and O–H groups in total. The molecule has 0 aliphatic carbocycles. The molecule has 1 aliphatic heterocycles. The molecule has 452 valence electrons. The molecule has 1 rings (SSSR count). The predicted octanol–water partition coefficient (Wildman–Crippen LogP) is -6.47. The summed E-state index contributed by atoms with van der Waals surface area (Å²) in [4.78, 5) is 151. The Morgan fingerprint density at radius 2 is 1.00 bits per heavy atom. The number of hydrogen-bond donors (Lipinski definition) is 18. The maximum atomic E-state index is 14.3. The van der Waals surface area contributed by atoms with E-state index in [9.17, 15) is 63.0 Å². The second-order valence-corrected chi connectivity index (χ2v) is 20.6. The molecular formula is C50H94N16O13. The van der Waals surface area contributed by atoms with E-state index in [1.165, 1.54) is 13.8 Å². The minimum Gasteiger partial charge on any atom is -0.391 e. The van der Waals surface area contributed by atoms with Gasteiger partial charge in [0.05, 0.1) is 12.2 Å². The molecule has 1 heterocycles. The highest BCUT2D eigenvalue weighted by Crippen LogP contribution is 2.11. The SMILES string of the molecule is CCC1NC(=O)C(CC(C)C)NC(=O)C(CCN)NC(=O)C(NC(=O)C(CCN)NC(=O)C(NC(=O)C(CCN)NC(=O)CCCCC(C)C)C(C)O)CCNC(=O)C(C(C)O)NC(=O)C(CCN)NC(=O)C(CCN)NC1=O. The molecule has 0 spiro atoms.